The van der Waals surface area contributed by atoms with Crippen LogP contribution in [-0.2, 0) is 26.2 Å². The predicted octanol–water partition coefficient (Wildman–Crippen LogP) is 4.71. The Morgan fingerprint density at radius 2 is 1.69 bits per heavy atom. The van der Waals surface area contributed by atoms with Gasteiger partial charge in [0.2, 0.25) is 21.8 Å². The first-order chi connectivity index (χ1) is 16.3. The maximum atomic E-state index is 13.6. The molecule has 0 saturated carbocycles. The minimum atomic E-state index is -3.79. The van der Waals surface area contributed by atoms with Crippen molar-refractivity contribution in [2.24, 2.45) is 0 Å². The van der Waals surface area contributed by atoms with Gasteiger partial charge >= 0.3 is 0 Å². The molecule has 0 aliphatic carbocycles. The van der Waals surface area contributed by atoms with Crippen LogP contribution >= 0.6 is 23.2 Å². The van der Waals surface area contributed by atoms with E-state index in [0.29, 0.717) is 27.8 Å². The molecule has 2 rings (SSSR count). The SMILES string of the molecule is CCCCNC(=O)C(C)N(Cc1ccc(Cl)cc1Cl)C(=O)CN(c1cc(C)cc(C)c1)S(C)(=O)=O. The molecule has 2 aromatic carbocycles. The molecular formula is C25H33Cl2N3O4S. The fraction of sp³-hybridized carbons (Fsp3) is 0.440. The second kappa shape index (κ2) is 12.6. The largest absolute Gasteiger partial charge is 0.354 e. The van der Waals surface area contributed by atoms with Crippen LogP contribution in [0.4, 0.5) is 5.69 Å². The fourth-order valence-electron chi connectivity index (χ4n) is 3.66. The molecule has 0 bridgehead atoms. The van der Waals surface area contributed by atoms with Gasteiger partial charge in [0.25, 0.3) is 0 Å². The van der Waals surface area contributed by atoms with E-state index in [2.05, 4.69) is 5.32 Å². The Bertz CT molecular complexity index is 1150. The van der Waals surface area contributed by atoms with Gasteiger partial charge in [0.1, 0.15) is 12.6 Å². The zero-order valence-corrected chi connectivity index (χ0v) is 23.1. The lowest BCUT2D eigenvalue weighted by atomic mass is 10.1. The molecule has 0 spiro atoms. The number of hydrogen-bond acceptors (Lipinski definition) is 4. The monoisotopic (exact) mass is 541 g/mol. The van der Waals surface area contributed by atoms with Crippen LogP contribution in [0.25, 0.3) is 0 Å². The number of aryl methyl sites for hydroxylation is 2. The highest BCUT2D eigenvalue weighted by molar-refractivity contribution is 7.92. The smallest absolute Gasteiger partial charge is 0.244 e. The zero-order chi connectivity index (χ0) is 26.3. The molecule has 0 heterocycles. The average Bonchev–Trinajstić information content (AvgIpc) is 2.75. The maximum Gasteiger partial charge on any atom is 0.244 e. The van der Waals surface area contributed by atoms with Crippen LogP contribution in [0, 0.1) is 13.8 Å². The normalized spacial score (nSPS) is 12.2. The lowest BCUT2D eigenvalue weighted by Crippen LogP contribution is -2.51. The summed E-state index contributed by atoms with van der Waals surface area (Å²) in [6, 6.07) is 9.38. The maximum absolute atomic E-state index is 13.6. The third-order valence-corrected chi connectivity index (χ3v) is 7.25. The molecule has 10 heteroatoms. The minimum absolute atomic E-state index is 0.0155. The van der Waals surface area contributed by atoms with Crippen molar-refractivity contribution in [2.45, 2.75) is 53.1 Å². The van der Waals surface area contributed by atoms with Crippen LogP contribution < -0.4 is 9.62 Å². The van der Waals surface area contributed by atoms with E-state index in [-0.39, 0.29) is 12.5 Å². The first-order valence-electron chi connectivity index (χ1n) is 11.4. The predicted molar refractivity (Wildman–Crippen MR) is 142 cm³/mol. The highest BCUT2D eigenvalue weighted by Crippen LogP contribution is 2.25. The van der Waals surface area contributed by atoms with Crippen LogP contribution in [0.2, 0.25) is 10.0 Å². The fourth-order valence-corrected chi connectivity index (χ4v) is 4.96. The van der Waals surface area contributed by atoms with E-state index >= 15 is 0 Å². The van der Waals surface area contributed by atoms with Gasteiger partial charge in [0.05, 0.1) is 11.9 Å². The summed E-state index contributed by atoms with van der Waals surface area (Å²) in [7, 11) is -3.79. The van der Waals surface area contributed by atoms with Crippen LogP contribution in [0.15, 0.2) is 36.4 Å². The number of nitrogens with one attached hydrogen (secondary N) is 1. The number of carbonyl (C=O) groups is 2. The number of hydrogen-bond donors (Lipinski definition) is 1. The average molecular weight is 543 g/mol. The van der Waals surface area contributed by atoms with Crippen molar-refractivity contribution in [3.05, 3.63) is 63.1 Å². The number of nitrogens with zero attached hydrogens (tertiary/aromatic N) is 2. The van der Waals surface area contributed by atoms with Crippen LogP contribution in [-0.4, -0.2) is 50.5 Å². The third kappa shape index (κ3) is 8.40. The second-order valence-corrected chi connectivity index (χ2v) is 11.4. The number of amides is 2. The van der Waals surface area contributed by atoms with Crippen molar-refractivity contribution in [2.75, 3.05) is 23.7 Å². The summed E-state index contributed by atoms with van der Waals surface area (Å²) < 4.78 is 26.4. The van der Waals surface area contributed by atoms with Gasteiger partial charge < -0.3 is 10.2 Å². The number of anilines is 1. The summed E-state index contributed by atoms with van der Waals surface area (Å²) in [5.74, 6) is -0.854. The first-order valence-corrected chi connectivity index (χ1v) is 14.0. The van der Waals surface area contributed by atoms with Gasteiger partial charge in [-0.1, -0.05) is 48.7 Å². The van der Waals surface area contributed by atoms with E-state index in [1.807, 2.05) is 26.8 Å². The van der Waals surface area contributed by atoms with Crippen LogP contribution in [0.5, 0.6) is 0 Å². The Morgan fingerprint density at radius 3 is 2.23 bits per heavy atom. The molecule has 192 valence electrons. The molecule has 2 aromatic rings. The van der Waals surface area contributed by atoms with E-state index in [9.17, 15) is 18.0 Å². The molecule has 0 aliphatic rings. The molecule has 7 nitrogen and oxygen atoms in total. The summed E-state index contributed by atoms with van der Waals surface area (Å²) in [5, 5.41) is 3.63. The van der Waals surface area contributed by atoms with Crippen molar-refractivity contribution < 1.29 is 18.0 Å². The Labute approximate surface area is 218 Å². The highest BCUT2D eigenvalue weighted by Gasteiger charge is 2.30. The van der Waals surface area contributed by atoms with Crippen LogP contribution in [0.1, 0.15) is 43.4 Å². The first kappa shape index (κ1) is 28.9. The lowest BCUT2D eigenvalue weighted by Gasteiger charge is -2.32. The van der Waals surface area contributed by atoms with Gasteiger partial charge in [-0.05, 0) is 68.1 Å². The number of sulfonamides is 1. The van der Waals surface area contributed by atoms with Crippen molar-refractivity contribution in [1.82, 2.24) is 10.2 Å². The van der Waals surface area contributed by atoms with E-state index in [4.69, 9.17) is 23.2 Å². The molecule has 1 N–H and O–H groups in total. The molecule has 0 aliphatic heterocycles. The molecule has 0 radical (unpaired) electrons. The highest BCUT2D eigenvalue weighted by atomic mass is 35.5. The zero-order valence-electron chi connectivity index (χ0n) is 20.8. The number of rotatable bonds is 11. The molecule has 1 unspecified atom stereocenters. The molecule has 0 aromatic heterocycles. The van der Waals surface area contributed by atoms with E-state index in [1.54, 1.807) is 37.3 Å². The number of unbranched alkanes of at least 4 members (excludes halogenated alkanes) is 1. The number of benzene rings is 2. The van der Waals surface area contributed by atoms with E-state index in [1.165, 1.54) is 4.90 Å². The summed E-state index contributed by atoms with van der Waals surface area (Å²) in [6.45, 7) is 7.39. The Hall–Kier alpha value is -2.29. The molecule has 35 heavy (non-hydrogen) atoms. The lowest BCUT2D eigenvalue weighted by molar-refractivity contribution is -0.139. The molecule has 0 fully saturated rings. The molecule has 1 atom stereocenters. The Morgan fingerprint density at radius 1 is 1.06 bits per heavy atom. The summed E-state index contributed by atoms with van der Waals surface area (Å²) >= 11 is 12.4. The summed E-state index contributed by atoms with van der Waals surface area (Å²) in [5.41, 5.74) is 2.72. The Balaban J connectivity index is 2.42. The quantitative estimate of drug-likeness (QED) is 0.417. The van der Waals surface area contributed by atoms with Crippen LogP contribution in [0.3, 0.4) is 0 Å². The Kier molecular flexibility index (Phi) is 10.4. The number of carbonyl (C=O) groups excluding carboxylic acids is 2. The topological polar surface area (TPSA) is 86.8 Å². The van der Waals surface area contributed by atoms with E-state index < -0.39 is 28.5 Å². The second-order valence-electron chi connectivity index (χ2n) is 8.69. The van der Waals surface area contributed by atoms with Gasteiger partial charge in [-0.3, -0.25) is 13.9 Å². The van der Waals surface area contributed by atoms with Crippen molar-refractivity contribution in [3.8, 4) is 0 Å². The molecular weight excluding hydrogens is 509 g/mol. The van der Waals surface area contributed by atoms with Crippen molar-refractivity contribution in [1.29, 1.82) is 0 Å². The van der Waals surface area contributed by atoms with Gasteiger partial charge in [-0.25, -0.2) is 8.42 Å². The summed E-state index contributed by atoms with van der Waals surface area (Å²) in [6.07, 6.45) is 2.78. The van der Waals surface area contributed by atoms with Crippen molar-refractivity contribution in [3.63, 3.8) is 0 Å². The van der Waals surface area contributed by atoms with Crippen molar-refractivity contribution >= 4 is 50.7 Å². The number of halogens is 2. The summed E-state index contributed by atoms with van der Waals surface area (Å²) in [4.78, 5) is 27.8. The molecule has 2 amide bonds. The van der Waals surface area contributed by atoms with Gasteiger partial charge in [0, 0.05) is 23.1 Å². The third-order valence-electron chi connectivity index (χ3n) is 5.53. The standard InChI is InChI=1S/C25H33Cl2N3O4S/c1-6-7-10-28-25(32)19(4)29(15-20-8-9-21(26)14-23(20)27)24(31)16-30(35(5,33)34)22-12-17(2)11-18(3)13-22/h8-9,11-14,19H,6-7,10,15-16H2,1-5H3,(H,28,32). The molecule has 0 saturated heterocycles. The van der Waals surface area contributed by atoms with Gasteiger partial charge in [-0.2, -0.15) is 0 Å². The van der Waals surface area contributed by atoms with Gasteiger partial charge in [-0.15, -0.1) is 0 Å². The minimum Gasteiger partial charge on any atom is -0.354 e. The van der Waals surface area contributed by atoms with Gasteiger partial charge in [0.15, 0.2) is 0 Å². The van der Waals surface area contributed by atoms with E-state index in [0.717, 1.165) is 34.5 Å².